The molecule has 0 aromatic heterocycles. The number of hydrogen-bond donors (Lipinski definition) is 3. The van der Waals surface area contributed by atoms with E-state index in [-0.39, 0.29) is 5.96 Å². The summed E-state index contributed by atoms with van der Waals surface area (Å²) in [6.45, 7) is 0. The lowest BCUT2D eigenvalue weighted by molar-refractivity contribution is 0.526. The van der Waals surface area contributed by atoms with Crippen molar-refractivity contribution in [3.05, 3.63) is 35.4 Å². The molecule has 1 atom stereocenters. The zero-order valence-electron chi connectivity index (χ0n) is 8.09. The molecule has 3 heteroatoms. The first-order valence-electron chi connectivity index (χ1n) is 4.93. The monoisotopic (exact) mass is 189 g/mol. The Balaban J connectivity index is 2.09. The van der Waals surface area contributed by atoms with Crippen LogP contribution in [0.1, 0.15) is 17.5 Å². The standard InChI is InChI=1S/C11H15N3/c12-11(13)14-10-6-5-8-3-1-2-4-9(8)7-10/h1-4,10H,5-7H2,(H4,12,13,14). The Labute approximate surface area is 83.8 Å². The largest absolute Gasteiger partial charge is 0.370 e. The van der Waals surface area contributed by atoms with Gasteiger partial charge in [0.05, 0.1) is 0 Å². The van der Waals surface area contributed by atoms with Gasteiger partial charge in [0, 0.05) is 6.04 Å². The van der Waals surface area contributed by atoms with Crippen molar-refractivity contribution < 1.29 is 0 Å². The van der Waals surface area contributed by atoms with E-state index in [0.717, 1.165) is 19.3 Å². The van der Waals surface area contributed by atoms with Crippen LogP contribution in [0.3, 0.4) is 0 Å². The van der Waals surface area contributed by atoms with Crippen LogP contribution in [0.2, 0.25) is 0 Å². The van der Waals surface area contributed by atoms with Crippen LogP contribution < -0.4 is 11.1 Å². The molecule has 0 saturated heterocycles. The first-order chi connectivity index (χ1) is 6.75. The number of rotatable bonds is 1. The predicted molar refractivity (Wildman–Crippen MR) is 57.3 cm³/mol. The van der Waals surface area contributed by atoms with Crippen molar-refractivity contribution >= 4 is 5.96 Å². The van der Waals surface area contributed by atoms with E-state index >= 15 is 0 Å². The zero-order valence-corrected chi connectivity index (χ0v) is 8.09. The maximum atomic E-state index is 7.18. The molecule has 0 saturated carbocycles. The maximum absolute atomic E-state index is 7.18. The van der Waals surface area contributed by atoms with Gasteiger partial charge in [0.1, 0.15) is 0 Å². The Morgan fingerprint density at radius 1 is 1.36 bits per heavy atom. The fourth-order valence-corrected chi connectivity index (χ4v) is 2.04. The summed E-state index contributed by atoms with van der Waals surface area (Å²) in [5, 5.41) is 10.2. The average molecular weight is 189 g/mol. The molecule has 0 fully saturated rings. The molecule has 74 valence electrons. The van der Waals surface area contributed by atoms with Crippen LogP contribution in [0.15, 0.2) is 24.3 Å². The summed E-state index contributed by atoms with van der Waals surface area (Å²) in [5.74, 6) is 0.0781. The van der Waals surface area contributed by atoms with Gasteiger partial charge in [0.15, 0.2) is 5.96 Å². The normalized spacial score (nSPS) is 19.9. The molecule has 0 aliphatic heterocycles. The number of hydrogen-bond acceptors (Lipinski definition) is 1. The lowest BCUT2D eigenvalue weighted by Gasteiger charge is -2.25. The van der Waals surface area contributed by atoms with Crippen molar-refractivity contribution in [2.75, 3.05) is 0 Å². The molecule has 1 aromatic rings. The number of aryl methyl sites for hydroxylation is 1. The van der Waals surface area contributed by atoms with Gasteiger partial charge in [-0.2, -0.15) is 0 Å². The van der Waals surface area contributed by atoms with E-state index in [0.29, 0.717) is 6.04 Å². The SMILES string of the molecule is N=C(N)NC1CCc2ccccc2C1. The van der Waals surface area contributed by atoms with Gasteiger partial charge in [-0.15, -0.1) is 0 Å². The van der Waals surface area contributed by atoms with E-state index in [9.17, 15) is 0 Å². The van der Waals surface area contributed by atoms with Crippen LogP contribution in [0.25, 0.3) is 0 Å². The third-order valence-electron chi connectivity index (χ3n) is 2.71. The van der Waals surface area contributed by atoms with E-state index in [1.54, 1.807) is 0 Å². The van der Waals surface area contributed by atoms with Crippen molar-refractivity contribution in [3.63, 3.8) is 0 Å². The second kappa shape index (κ2) is 3.70. The third kappa shape index (κ3) is 1.87. The zero-order chi connectivity index (χ0) is 9.97. The Hall–Kier alpha value is -1.51. The summed E-state index contributed by atoms with van der Waals surface area (Å²) in [6, 6.07) is 8.82. The molecule has 1 unspecified atom stereocenters. The molecular formula is C11H15N3. The van der Waals surface area contributed by atoms with E-state index in [4.69, 9.17) is 11.1 Å². The highest BCUT2D eigenvalue weighted by molar-refractivity contribution is 5.74. The topological polar surface area (TPSA) is 61.9 Å². The Bertz CT molecular complexity index is 346. The van der Waals surface area contributed by atoms with E-state index in [1.807, 2.05) is 0 Å². The number of fused-ring (bicyclic) bond motifs is 1. The van der Waals surface area contributed by atoms with Gasteiger partial charge in [-0.3, -0.25) is 5.41 Å². The first-order valence-corrected chi connectivity index (χ1v) is 4.93. The molecule has 0 bridgehead atoms. The molecule has 0 heterocycles. The van der Waals surface area contributed by atoms with Gasteiger partial charge >= 0.3 is 0 Å². The van der Waals surface area contributed by atoms with Crippen molar-refractivity contribution in [3.8, 4) is 0 Å². The van der Waals surface area contributed by atoms with Crippen LogP contribution in [0.5, 0.6) is 0 Å². The quantitative estimate of drug-likeness (QED) is 0.456. The highest BCUT2D eigenvalue weighted by atomic mass is 15.1. The molecule has 0 spiro atoms. The molecule has 1 aromatic carbocycles. The van der Waals surface area contributed by atoms with Gasteiger partial charge in [-0.25, -0.2) is 0 Å². The molecular weight excluding hydrogens is 174 g/mol. The lowest BCUT2D eigenvalue weighted by Crippen LogP contribution is -2.42. The lowest BCUT2D eigenvalue weighted by atomic mass is 9.88. The minimum Gasteiger partial charge on any atom is -0.370 e. The Morgan fingerprint density at radius 2 is 2.07 bits per heavy atom. The summed E-state index contributed by atoms with van der Waals surface area (Å²) in [5.41, 5.74) is 8.14. The van der Waals surface area contributed by atoms with Crippen LogP contribution in [0.4, 0.5) is 0 Å². The smallest absolute Gasteiger partial charge is 0.185 e. The van der Waals surface area contributed by atoms with Gasteiger partial charge in [0.25, 0.3) is 0 Å². The molecule has 1 aliphatic rings. The average Bonchev–Trinajstić information content (AvgIpc) is 2.17. The summed E-state index contributed by atoms with van der Waals surface area (Å²) >= 11 is 0. The van der Waals surface area contributed by atoms with Gasteiger partial charge in [0.2, 0.25) is 0 Å². The maximum Gasteiger partial charge on any atom is 0.185 e. The summed E-state index contributed by atoms with van der Waals surface area (Å²) in [4.78, 5) is 0. The second-order valence-electron chi connectivity index (χ2n) is 3.77. The Morgan fingerprint density at radius 3 is 2.79 bits per heavy atom. The van der Waals surface area contributed by atoms with Crippen LogP contribution >= 0.6 is 0 Å². The minimum absolute atomic E-state index is 0.0781. The molecule has 3 nitrogen and oxygen atoms in total. The van der Waals surface area contributed by atoms with Gasteiger partial charge < -0.3 is 11.1 Å². The van der Waals surface area contributed by atoms with Gasteiger partial charge in [-0.1, -0.05) is 24.3 Å². The molecule has 1 aliphatic carbocycles. The number of nitrogens with one attached hydrogen (secondary N) is 2. The third-order valence-corrected chi connectivity index (χ3v) is 2.71. The van der Waals surface area contributed by atoms with E-state index in [2.05, 4.69) is 29.6 Å². The highest BCUT2D eigenvalue weighted by Crippen LogP contribution is 2.20. The molecule has 14 heavy (non-hydrogen) atoms. The van der Waals surface area contributed by atoms with E-state index in [1.165, 1.54) is 11.1 Å². The van der Waals surface area contributed by atoms with E-state index < -0.39 is 0 Å². The van der Waals surface area contributed by atoms with Crippen LogP contribution in [0, 0.1) is 5.41 Å². The Kier molecular flexibility index (Phi) is 2.39. The number of benzene rings is 1. The van der Waals surface area contributed by atoms with Crippen molar-refractivity contribution in [2.45, 2.75) is 25.3 Å². The van der Waals surface area contributed by atoms with Crippen molar-refractivity contribution in [1.82, 2.24) is 5.32 Å². The summed E-state index contributed by atoms with van der Waals surface area (Å²) in [7, 11) is 0. The van der Waals surface area contributed by atoms with Crippen LogP contribution in [-0.2, 0) is 12.8 Å². The first kappa shape index (κ1) is 9.06. The molecule has 0 radical (unpaired) electrons. The molecule has 0 amide bonds. The van der Waals surface area contributed by atoms with Crippen molar-refractivity contribution in [2.24, 2.45) is 5.73 Å². The minimum atomic E-state index is 0.0781. The fourth-order valence-electron chi connectivity index (χ4n) is 2.04. The highest BCUT2D eigenvalue weighted by Gasteiger charge is 2.17. The fraction of sp³-hybridized carbons (Fsp3) is 0.364. The molecule has 2 rings (SSSR count). The molecule has 4 N–H and O–H groups in total. The van der Waals surface area contributed by atoms with Gasteiger partial charge in [-0.05, 0) is 30.4 Å². The summed E-state index contributed by atoms with van der Waals surface area (Å²) in [6.07, 6.45) is 3.13. The van der Waals surface area contributed by atoms with Crippen molar-refractivity contribution in [1.29, 1.82) is 5.41 Å². The predicted octanol–water partition coefficient (Wildman–Crippen LogP) is 1.03. The summed E-state index contributed by atoms with van der Waals surface area (Å²) < 4.78 is 0. The number of guanidine groups is 1. The second-order valence-corrected chi connectivity index (χ2v) is 3.77. The number of nitrogens with two attached hydrogens (primary N) is 1. The van der Waals surface area contributed by atoms with Crippen LogP contribution in [-0.4, -0.2) is 12.0 Å².